The fourth-order valence-electron chi connectivity index (χ4n) is 11.1. The van der Waals surface area contributed by atoms with Crippen molar-refractivity contribution in [1.82, 2.24) is 0 Å². The van der Waals surface area contributed by atoms with Gasteiger partial charge >= 0.3 is 0 Å². The number of hydrogen-bond donors (Lipinski definition) is 0. The summed E-state index contributed by atoms with van der Waals surface area (Å²) < 4.78 is 25.3. The van der Waals surface area contributed by atoms with Gasteiger partial charge in [-0.2, -0.15) is 0 Å². The summed E-state index contributed by atoms with van der Waals surface area (Å²) in [5.74, 6) is 3.31. The summed E-state index contributed by atoms with van der Waals surface area (Å²) in [5, 5.41) is 2.24. The second kappa shape index (κ2) is 13.5. The Bertz CT molecular complexity index is 2490. The monoisotopic (exact) mass is 772 g/mol. The number of methoxy groups -OCH3 is 3. The van der Waals surface area contributed by atoms with Crippen LogP contribution in [0.1, 0.15) is 85.9 Å². The number of ether oxygens (including phenoxy) is 4. The highest BCUT2D eigenvalue weighted by Gasteiger charge is 2.55. The van der Waals surface area contributed by atoms with E-state index in [0.717, 1.165) is 62.8 Å². The Morgan fingerprint density at radius 2 is 1.23 bits per heavy atom. The van der Waals surface area contributed by atoms with Gasteiger partial charge in [0.25, 0.3) is 0 Å². The smallest absolute Gasteiger partial charge is 0.178 e. The molecule has 5 heteroatoms. The zero-order valence-corrected chi connectivity index (χ0v) is 35.4. The van der Waals surface area contributed by atoms with Crippen LogP contribution in [-0.2, 0) is 11.0 Å². The van der Waals surface area contributed by atoms with Crippen LogP contribution in [0, 0.1) is 24.7 Å². The van der Waals surface area contributed by atoms with Crippen LogP contribution in [-0.4, -0.2) is 21.3 Å². The molecule has 6 aromatic rings. The fraction of sp³-hybridized carbons (Fsp3) is 0.308. The zero-order valence-electron chi connectivity index (χ0n) is 34.6. The molecule has 57 heavy (non-hydrogen) atoms. The van der Waals surface area contributed by atoms with E-state index in [1.165, 1.54) is 50.1 Å². The topological polar surface area (TPSA) is 36.9 Å². The van der Waals surface area contributed by atoms with E-state index in [1.807, 2.05) is 24.3 Å². The Morgan fingerprint density at radius 3 is 1.81 bits per heavy atom. The normalized spacial score (nSPS) is 17.7. The molecule has 1 fully saturated rings. The molecule has 0 radical (unpaired) electrons. The Kier molecular flexibility index (Phi) is 8.86. The van der Waals surface area contributed by atoms with Crippen LogP contribution in [0.2, 0.25) is 0 Å². The van der Waals surface area contributed by atoms with Crippen molar-refractivity contribution in [2.45, 2.75) is 81.6 Å². The van der Waals surface area contributed by atoms with Gasteiger partial charge in [0.1, 0.15) is 23.0 Å². The average Bonchev–Trinajstić information content (AvgIpc) is 3.46. The first-order valence-electron chi connectivity index (χ1n) is 20.1. The Morgan fingerprint density at radius 1 is 0.632 bits per heavy atom. The van der Waals surface area contributed by atoms with Crippen LogP contribution in [0.25, 0.3) is 28.0 Å². The third-order valence-electron chi connectivity index (χ3n) is 12.7. The Hall–Kier alpha value is -5.13. The molecule has 1 spiro atoms. The number of fused-ring (bicyclic) bond motifs is 10. The van der Waals surface area contributed by atoms with Crippen molar-refractivity contribution >= 4 is 28.6 Å². The van der Waals surface area contributed by atoms with E-state index in [0.29, 0.717) is 0 Å². The van der Waals surface area contributed by atoms with Gasteiger partial charge in [-0.3, -0.25) is 0 Å². The molecule has 1 heterocycles. The second-order valence-electron chi connectivity index (χ2n) is 18.0. The van der Waals surface area contributed by atoms with Gasteiger partial charge in [-0.1, -0.05) is 112 Å². The second-order valence-corrected chi connectivity index (χ2v) is 19.0. The molecular formula is C52H52O4S. The number of hydrogen-bond acceptors (Lipinski definition) is 5. The highest BCUT2D eigenvalue weighted by atomic mass is 32.2. The van der Waals surface area contributed by atoms with Crippen LogP contribution < -0.4 is 18.9 Å². The molecule has 6 aromatic carbocycles. The summed E-state index contributed by atoms with van der Waals surface area (Å²) in [6.45, 7) is 14.3. The van der Waals surface area contributed by atoms with E-state index in [-0.39, 0.29) is 16.2 Å². The van der Waals surface area contributed by atoms with Gasteiger partial charge in [0, 0.05) is 32.4 Å². The molecule has 2 aliphatic carbocycles. The largest absolute Gasteiger partial charge is 0.497 e. The molecule has 0 bridgehead atoms. The summed E-state index contributed by atoms with van der Waals surface area (Å²) in [6, 6.07) is 37.0. The van der Waals surface area contributed by atoms with Crippen LogP contribution >= 0.6 is 11.8 Å². The maximum absolute atomic E-state index is 7.78. The number of rotatable bonds is 7. The zero-order chi connectivity index (χ0) is 39.9. The van der Waals surface area contributed by atoms with Crippen LogP contribution in [0.5, 0.6) is 23.0 Å². The SMILES string of the molecule is COc1ccc(C2(c3ccc(OC)cc3)C=Cc3c4c(c5cc(Sc6c(C)cccc6C)c(OC)cc5c3O2)-c2ccccc2C42CC(C)(C)CC(C)(C)C2)cc1. The number of aryl methyl sites for hydroxylation is 2. The lowest BCUT2D eigenvalue weighted by atomic mass is 9.52. The van der Waals surface area contributed by atoms with E-state index >= 15 is 0 Å². The predicted octanol–water partition coefficient (Wildman–Crippen LogP) is 13.5. The molecule has 4 nitrogen and oxygen atoms in total. The summed E-state index contributed by atoms with van der Waals surface area (Å²) >= 11 is 1.79. The van der Waals surface area contributed by atoms with E-state index in [9.17, 15) is 0 Å². The lowest BCUT2D eigenvalue weighted by molar-refractivity contribution is 0.0642. The Labute approximate surface area is 342 Å². The summed E-state index contributed by atoms with van der Waals surface area (Å²) in [7, 11) is 5.19. The molecule has 0 unspecified atom stereocenters. The molecule has 3 aliphatic rings. The molecule has 0 atom stereocenters. The van der Waals surface area contributed by atoms with Crippen molar-refractivity contribution in [3.63, 3.8) is 0 Å². The highest BCUT2D eigenvalue weighted by Crippen LogP contribution is 2.67. The lowest BCUT2D eigenvalue weighted by Gasteiger charge is -2.52. The van der Waals surface area contributed by atoms with E-state index in [2.05, 4.69) is 133 Å². The average molecular weight is 773 g/mol. The quantitative estimate of drug-likeness (QED) is 0.162. The predicted molar refractivity (Wildman–Crippen MR) is 235 cm³/mol. The molecule has 0 N–H and O–H groups in total. The maximum Gasteiger partial charge on any atom is 0.178 e. The van der Waals surface area contributed by atoms with Gasteiger partial charge in [0.05, 0.1) is 26.2 Å². The minimum atomic E-state index is -0.935. The summed E-state index contributed by atoms with van der Waals surface area (Å²) in [5.41, 5.74) is 10.3. The minimum absolute atomic E-state index is 0.122. The number of benzene rings is 6. The van der Waals surface area contributed by atoms with Gasteiger partial charge in [0.15, 0.2) is 5.60 Å². The van der Waals surface area contributed by atoms with Crippen molar-refractivity contribution in [3.05, 3.63) is 148 Å². The van der Waals surface area contributed by atoms with E-state index < -0.39 is 5.60 Å². The van der Waals surface area contributed by atoms with Crippen LogP contribution in [0.4, 0.5) is 0 Å². The van der Waals surface area contributed by atoms with Crippen molar-refractivity contribution in [2.75, 3.05) is 21.3 Å². The maximum atomic E-state index is 7.78. The van der Waals surface area contributed by atoms with Gasteiger partial charge < -0.3 is 18.9 Å². The van der Waals surface area contributed by atoms with Gasteiger partial charge in [-0.05, 0) is 125 Å². The minimum Gasteiger partial charge on any atom is -0.497 e. The van der Waals surface area contributed by atoms with Crippen molar-refractivity contribution in [2.24, 2.45) is 10.8 Å². The van der Waals surface area contributed by atoms with Crippen molar-refractivity contribution in [1.29, 1.82) is 0 Å². The summed E-state index contributed by atoms with van der Waals surface area (Å²) in [6.07, 6.45) is 7.94. The van der Waals surface area contributed by atoms with Gasteiger partial charge in [-0.15, -0.1) is 0 Å². The molecule has 0 aromatic heterocycles. The Balaban J connectivity index is 1.39. The molecule has 290 valence electrons. The van der Waals surface area contributed by atoms with Crippen LogP contribution in [0.3, 0.4) is 0 Å². The van der Waals surface area contributed by atoms with Gasteiger partial charge in [-0.25, -0.2) is 0 Å². The van der Waals surface area contributed by atoms with Crippen molar-refractivity contribution in [3.8, 4) is 34.1 Å². The first-order valence-corrected chi connectivity index (χ1v) is 20.9. The van der Waals surface area contributed by atoms with E-state index in [1.54, 1.807) is 33.1 Å². The van der Waals surface area contributed by atoms with Crippen molar-refractivity contribution < 1.29 is 18.9 Å². The summed E-state index contributed by atoms with van der Waals surface area (Å²) in [4.78, 5) is 2.35. The fourth-order valence-corrected chi connectivity index (χ4v) is 12.2. The lowest BCUT2D eigenvalue weighted by Crippen LogP contribution is -2.44. The highest BCUT2D eigenvalue weighted by molar-refractivity contribution is 7.99. The molecule has 9 rings (SSSR count). The molecular weight excluding hydrogens is 721 g/mol. The molecule has 1 saturated carbocycles. The molecule has 0 amide bonds. The van der Waals surface area contributed by atoms with Gasteiger partial charge in [0.2, 0.25) is 0 Å². The van der Waals surface area contributed by atoms with E-state index in [4.69, 9.17) is 18.9 Å². The standard InChI is InChI=1S/C52H52O4S/c1-32-13-12-14-33(2)48(32)57-44-28-40-41(27-43(44)55-9)47-39(46-45(40)38-15-10-11-16-42(38)51(46)30-49(3,4)29-50(5,6)31-51)25-26-52(56-47,34-17-21-36(53-7)22-18-34)35-19-23-37(54-8)24-20-35/h10-28H,29-31H2,1-9H3. The third kappa shape index (κ3) is 5.95. The van der Waals surface area contributed by atoms with Crippen LogP contribution in [0.15, 0.2) is 119 Å². The molecule has 1 aliphatic heterocycles. The first-order chi connectivity index (χ1) is 27.3. The molecule has 0 saturated heterocycles. The third-order valence-corrected chi connectivity index (χ3v) is 14.1. The first kappa shape index (κ1) is 37.4.